The molecular formula is C61H94O12. The molecule has 6 atom stereocenters. The molecule has 1 aliphatic rings. The van der Waals surface area contributed by atoms with Crippen LogP contribution in [0, 0.1) is 0 Å². The van der Waals surface area contributed by atoms with Crippen molar-refractivity contribution in [1.82, 2.24) is 0 Å². The van der Waals surface area contributed by atoms with E-state index >= 15 is 0 Å². The summed E-state index contributed by atoms with van der Waals surface area (Å²) in [4.78, 5) is 50.9. The quantitative estimate of drug-likeness (QED) is 0.0228. The Kier molecular flexibility index (Phi) is 43.6. The van der Waals surface area contributed by atoms with Gasteiger partial charge in [-0.15, -0.1) is 0 Å². The molecule has 73 heavy (non-hydrogen) atoms. The van der Waals surface area contributed by atoms with Gasteiger partial charge in [0.1, 0.15) is 18.8 Å². The third kappa shape index (κ3) is 38.4. The maximum absolute atomic E-state index is 13.1. The van der Waals surface area contributed by atoms with Crippen LogP contribution < -0.4 is 0 Å². The number of aliphatic hydroxyl groups excluding tert-OH is 2. The fourth-order valence-electron chi connectivity index (χ4n) is 7.39. The van der Waals surface area contributed by atoms with E-state index < -0.39 is 67.3 Å². The van der Waals surface area contributed by atoms with Crippen LogP contribution in [-0.4, -0.2) is 89.2 Å². The number of carboxylic acid groups (broad SMARTS) is 1. The standard InChI is InChI=1S/C61H94O12/c1-4-7-10-13-16-19-22-25-27-30-32-35-38-41-44-47-53(62)69-50-52(71-54(63)48-45-42-39-36-33-29-24-21-18-15-12-9-6-3)51-70-61-59(57(66)56(65)58(73-61)60(67)68)72-55(64)49-46-43-40-37-34-31-28-26-23-20-17-14-11-8-5-2/h8-9,11-12,17-18,20-21,25-29,33-34,37,39,42-43,46,52,56-59,61,65-66H,4-7,10,13-16,19,22-24,30-32,35-36,38,40-41,44-45,47-51H2,1-3H3,(H,67,68)/b11-8-,12-9-,20-17-,21-18-,27-25-,28-26-,33-29-,37-34-,42-39-,46-43-. The summed E-state index contributed by atoms with van der Waals surface area (Å²) in [5, 5.41) is 31.3. The Bertz CT molecular complexity index is 1730. The predicted molar refractivity (Wildman–Crippen MR) is 293 cm³/mol. The van der Waals surface area contributed by atoms with Crippen molar-refractivity contribution in [2.75, 3.05) is 13.2 Å². The highest BCUT2D eigenvalue weighted by Gasteiger charge is 2.50. The van der Waals surface area contributed by atoms with Crippen LogP contribution in [0.15, 0.2) is 122 Å². The number of rotatable bonds is 44. The van der Waals surface area contributed by atoms with Crippen molar-refractivity contribution < 1.29 is 58.2 Å². The number of esters is 3. The fraction of sp³-hybridized carbons (Fsp3) is 0.607. The molecule has 0 bridgehead atoms. The molecule has 410 valence electrons. The molecule has 0 radical (unpaired) electrons. The van der Waals surface area contributed by atoms with Gasteiger partial charge >= 0.3 is 23.9 Å². The van der Waals surface area contributed by atoms with E-state index in [1.807, 2.05) is 30.4 Å². The van der Waals surface area contributed by atoms with Crippen LogP contribution >= 0.6 is 0 Å². The zero-order valence-electron chi connectivity index (χ0n) is 44.8. The second kappa shape index (κ2) is 48.1. The number of carbonyl (C=O) groups excluding carboxylic acids is 3. The highest BCUT2D eigenvalue weighted by atomic mass is 16.7. The molecule has 0 aliphatic carbocycles. The van der Waals surface area contributed by atoms with Crippen LogP contribution in [0.5, 0.6) is 0 Å². The van der Waals surface area contributed by atoms with E-state index in [4.69, 9.17) is 23.7 Å². The first-order valence-electron chi connectivity index (χ1n) is 27.5. The zero-order valence-corrected chi connectivity index (χ0v) is 44.8. The number of allylic oxidation sites excluding steroid dienone is 19. The van der Waals surface area contributed by atoms with E-state index in [2.05, 4.69) is 99.8 Å². The molecule has 0 spiro atoms. The van der Waals surface area contributed by atoms with E-state index in [-0.39, 0.29) is 25.9 Å². The molecule has 12 nitrogen and oxygen atoms in total. The molecule has 12 heteroatoms. The molecule has 1 fully saturated rings. The van der Waals surface area contributed by atoms with Gasteiger partial charge in [0, 0.05) is 12.8 Å². The summed E-state index contributed by atoms with van der Waals surface area (Å²) in [6, 6.07) is 0. The van der Waals surface area contributed by atoms with Gasteiger partial charge in [0.25, 0.3) is 0 Å². The predicted octanol–water partition coefficient (Wildman–Crippen LogP) is 13.7. The van der Waals surface area contributed by atoms with Crippen LogP contribution in [0.4, 0.5) is 0 Å². The number of hydrogen-bond donors (Lipinski definition) is 3. The van der Waals surface area contributed by atoms with Gasteiger partial charge in [0.15, 0.2) is 24.6 Å². The highest BCUT2D eigenvalue weighted by Crippen LogP contribution is 2.26. The first-order chi connectivity index (χ1) is 35.6. The molecule has 1 aliphatic heterocycles. The van der Waals surface area contributed by atoms with Gasteiger partial charge in [-0.25, -0.2) is 4.79 Å². The molecule has 6 unspecified atom stereocenters. The second-order valence-corrected chi connectivity index (χ2v) is 18.1. The summed E-state index contributed by atoms with van der Waals surface area (Å²) in [5.41, 5.74) is 0. The van der Waals surface area contributed by atoms with Crippen molar-refractivity contribution in [1.29, 1.82) is 0 Å². The van der Waals surface area contributed by atoms with E-state index in [0.29, 0.717) is 25.7 Å². The molecule has 3 N–H and O–H groups in total. The van der Waals surface area contributed by atoms with Gasteiger partial charge in [-0.1, -0.05) is 194 Å². The summed E-state index contributed by atoms with van der Waals surface area (Å²) < 4.78 is 28.1. The second-order valence-electron chi connectivity index (χ2n) is 18.1. The van der Waals surface area contributed by atoms with Crippen LogP contribution in [0.1, 0.15) is 188 Å². The lowest BCUT2D eigenvalue weighted by Crippen LogP contribution is -2.61. The van der Waals surface area contributed by atoms with Crippen molar-refractivity contribution in [2.24, 2.45) is 0 Å². The maximum Gasteiger partial charge on any atom is 0.335 e. The largest absolute Gasteiger partial charge is 0.479 e. The van der Waals surface area contributed by atoms with Gasteiger partial charge in [-0.2, -0.15) is 0 Å². The summed E-state index contributed by atoms with van der Waals surface area (Å²) in [6.07, 6.45) is 53.7. The van der Waals surface area contributed by atoms with Crippen LogP contribution in [0.3, 0.4) is 0 Å². The summed E-state index contributed by atoms with van der Waals surface area (Å²) in [7, 11) is 0. The van der Waals surface area contributed by atoms with Crippen LogP contribution in [0.2, 0.25) is 0 Å². The molecule has 0 aromatic rings. The minimum Gasteiger partial charge on any atom is -0.479 e. The summed E-state index contributed by atoms with van der Waals surface area (Å²) >= 11 is 0. The highest BCUT2D eigenvalue weighted by molar-refractivity contribution is 5.74. The Morgan fingerprint density at radius 3 is 1.44 bits per heavy atom. The van der Waals surface area contributed by atoms with Gasteiger partial charge in [0.05, 0.1) is 13.0 Å². The van der Waals surface area contributed by atoms with Crippen LogP contribution in [-0.2, 0) is 42.9 Å². The molecule has 0 aromatic carbocycles. The van der Waals surface area contributed by atoms with Gasteiger partial charge in [-0.3, -0.25) is 14.4 Å². The Hall–Kier alpha value is -4.88. The van der Waals surface area contributed by atoms with E-state index in [1.54, 1.807) is 12.2 Å². The van der Waals surface area contributed by atoms with E-state index in [1.165, 1.54) is 38.5 Å². The number of carboxylic acids is 1. The van der Waals surface area contributed by atoms with Crippen molar-refractivity contribution in [3.63, 3.8) is 0 Å². The average Bonchev–Trinajstić information content (AvgIpc) is 3.37. The molecule has 0 saturated carbocycles. The lowest BCUT2D eigenvalue weighted by Gasteiger charge is -2.40. The molecule has 1 saturated heterocycles. The molecular weight excluding hydrogens is 925 g/mol. The lowest BCUT2D eigenvalue weighted by atomic mass is 9.98. The number of unbranched alkanes of at least 4 members (excludes halogenated alkanes) is 11. The van der Waals surface area contributed by atoms with Crippen molar-refractivity contribution in [3.05, 3.63) is 122 Å². The first kappa shape index (κ1) is 66.1. The van der Waals surface area contributed by atoms with E-state index in [9.17, 15) is 34.5 Å². The Morgan fingerprint density at radius 1 is 0.479 bits per heavy atom. The zero-order chi connectivity index (χ0) is 53.3. The Balaban J connectivity index is 2.82. The third-order valence-electron chi connectivity index (χ3n) is 11.6. The lowest BCUT2D eigenvalue weighted by molar-refractivity contribution is -0.301. The number of carbonyl (C=O) groups is 4. The minimum absolute atomic E-state index is 0.0234. The smallest absolute Gasteiger partial charge is 0.335 e. The number of aliphatic carboxylic acids is 1. The van der Waals surface area contributed by atoms with Crippen molar-refractivity contribution in [3.8, 4) is 0 Å². The summed E-state index contributed by atoms with van der Waals surface area (Å²) in [6.45, 7) is 5.61. The number of ether oxygens (including phenoxy) is 5. The first-order valence-corrected chi connectivity index (χ1v) is 27.5. The summed E-state index contributed by atoms with van der Waals surface area (Å²) in [5.74, 6) is -3.43. The molecule has 0 aromatic heterocycles. The Labute approximate surface area is 439 Å². The van der Waals surface area contributed by atoms with Crippen LogP contribution in [0.25, 0.3) is 0 Å². The van der Waals surface area contributed by atoms with Gasteiger partial charge < -0.3 is 39.0 Å². The van der Waals surface area contributed by atoms with Gasteiger partial charge in [0.2, 0.25) is 0 Å². The monoisotopic (exact) mass is 1020 g/mol. The topological polar surface area (TPSA) is 175 Å². The van der Waals surface area contributed by atoms with Gasteiger partial charge in [-0.05, 0) is 96.3 Å². The number of hydrogen-bond acceptors (Lipinski definition) is 11. The molecule has 0 amide bonds. The molecule has 1 rings (SSSR count). The Morgan fingerprint density at radius 2 is 0.932 bits per heavy atom. The van der Waals surface area contributed by atoms with Crippen molar-refractivity contribution in [2.45, 2.75) is 225 Å². The number of aliphatic hydroxyl groups is 2. The third-order valence-corrected chi connectivity index (χ3v) is 11.6. The van der Waals surface area contributed by atoms with E-state index in [0.717, 1.165) is 83.5 Å². The van der Waals surface area contributed by atoms with Crippen molar-refractivity contribution >= 4 is 23.9 Å². The maximum atomic E-state index is 13.1. The normalized spacial score (nSPS) is 19.3. The average molecular weight is 1020 g/mol. The minimum atomic E-state index is -1.95. The fourth-order valence-corrected chi connectivity index (χ4v) is 7.39. The molecule has 1 heterocycles. The SMILES string of the molecule is CC/C=C\C/C=C\C/C=C\C/C=C\C/C=C\CC(=O)OC1C(OCC(COC(=O)CCCCCCC/C=C\CCCCCCCC)OC(=O)CC/C=C\C/C=C\C/C=C\C/C=C\CC)OC(C(=O)O)C(O)C1O.